The molecule has 1 heterocycles. The Morgan fingerprint density at radius 1 is 1.11 bits per heavy atom. The summed E-state index contributed by atoms with van der Waals surface area (Å²) in [5.74, 6) is -1.38. The van der Waals surface area contributed by atoms with Crippen LogP contribution in [0.2, 0.25) is 0 Å². The Morgan fingerprint density at radius 2 is 1.74 bits per heavy atom. The van der Waals surface area contributed by atoms with Gasteiger partial charge >= 0.3 is 12.1 Å². The molecule has 2 aromatic rings. The first kappa shape index (κ1) is 24.7. The lowest BCUT2D eigenvalue weighted by Crippen LogP contribution is -2.51. The Morgan fingerprint density at radius 3 is 2.34 bits per heavy atom. The molecule has 3 unspecified atom stereocenters. The fraction of sp³-hybridized carbons (Fsp3) is 0.444. The van der Waals surface area contributed by atoms with E-state index in [1.165, 1.54) is 0 Å². The molecule has 8 nitrogen and oxygen atoms in total. The monoisotopic (exact) mass is 480 g/mol. The van der Waals surface area contributed by atoms with Crippen LogP contribution in [0.25, 0.3) is 11.1 Å². The van der Waals surface area contributed by atoms with Crippen molar-refractivity contribution >= 4 is 18.0 Å². The summed E-state index contributed by atoms with van der Waals surface area (Å²) < 4.78 is 10.9. The number of amides is 2. The summed E-state index contributed by atoms with van der Waals surface area (Å²) in [4.78, 5) is 36.9. The molecule has 35 heavy (non-hydrogen) atoms. The first-order valence-electron chi connectivity index (χ1n) is 12.1. The van der Waals surface area contributed by atoms with E-state index in [1.807, 2.05) is 31.2 Å². The van der Waals surface area contributed by atoms with Crippen LogP contribution in [-0.2, 0) is 19.1 Å². The minimum absolute atomic E-state index is 0.0320. The van der Waals surface area contributed by atoms with Crippen LogP contribution >= 0.6 is 0 Å². The summed E-state index contributed by atoms with van der Waals surface area (Å²) in [5.41, 5.74) is 3.40. The summed E-state index contributed by atoms with van der Waals surface area (Å²) in [5, 5.41) is 15.1. The average molecular weight is 481 g/mol. The highest BCUT2D eigenvalue weighted by Crippen LogP contribution is 2.44. The lowest BCUT2D eigenvalue weighted by Gasteiger charge is -2.26. The number of aliphatic carboxylic acids is 1. The summed E-state index contributed by atoms with van der Waals surface area (Å²) in [6.45, 7) is 3.92. The number of ether oxygens (including phenoxy) is 2. The smallest absolute Gasteiger partial charge is 0.407 e. The molecule has 1 saturated heterocycles. The first-order valence-corrected chi connectivity index (χ1v) is 12.1. The van der Waals surface area contributed by atoms with Crippen molar-refractivity contribution in [1.29, 1.82) is 0 Å². The number of hydrogen-bond acceptors (Lipinski definition) is 5. The minimum Gasteiger partial charge on any atom is -0.481 e. The van der Waals surface area contributed by atoms with E-state index >= 15 is 0 Å². The van der Waals surface area contributed by atoms with Crippen molar-refractivity contribution in [1.82, 2.24) is 10.6 Å². The normalized spacial score (nSPS) is 21.6. The summed E-state index contributed by atoms with van der Waals surface area (Å²) in [7, 11) is 0. The van der Waals surface area contributed by atoms with Gasteiger partial charge in [-0.2, -0.15) is 0 Å². The fourth-order valence-electron chi connectivity index (χ4n) is 4.94. The maximum Gasteiger partial charge on any atom is 0.407 e. The van der Waals surface area contributed by atoms with Gasteiger partial charge in [-0.15, -0.1) is 0 Å². The molecule has 4 rings (SSSR count). The van der Waals surface area contributed by atoms with E-state index in [4.69, 9.17) is 9.47 Å². The highest BCUT2D eigenvalue weighted by atomic mass is 16.5. The molecule has 1 aliphatic carbocycles. The zero-order valence-electron chi connectivity index (χ0n) is 20.1. The topological polar surface area (TPSA) is 114 Å². The lowest BCUT2D eigenvalue weighted by atomic mass is 9.85. The molecule has 186 valence electrons. The number of carboxylic acids is 1. The quantitative estimate of drug-likeness (QED) is 0.504. The molecule has 3 N–H and O–H groups in total. The van der Waals surface area contributed by atoms with E-state index in [0.29, 0.717) is 6.42 Å². The molecule has 0 bridgehead atoms. The van der Waals surface area contributed by atoms with E-state index in [0.717, 1.165) is 28.7 Å². The Bertz CT molecular complexity index is 1060. The number of nitrogens with one attached hydrogen (secondary N) is 2. The summed E-state index contributed by atoms with van der Waals surface area (Å²) >= 11 is 0. The fourth-order valence-corrected chi connectivity index (χ4v) is 4.94. The van der Waals surface area contributed by atoms with E-state index in [9.17, 15) is 19.5 Å². The zero-order valence-corrected chi connectivity index (χ0v) is 20.1. The third kappa shape index (κ3) is 5.17. The average Bonchev–Trinajstić information content (AvgIpc) is 3.36. The van der Waals surface area contributed by atoms with Crippen molar-refractivity contribution in [2.24, 2.45) is 5.41 Å². The number of carbonyl (C=O) groups excluding carboxylic acids is 2. The number of hydrogen-bond donors (Lipinski definition) is 3. The molecule has 1 fully saturated rings. The molecular formula is C27H32N2O6. The van der Waals surface area contributed by atoms with Crippen LogP contribution in [0.4, 0.5) is 4.79 Å². The Kier molecular flexibility index (Phi) is 7.40. The van der Waals surface area contributed by atoms with Crippen molar-refractivity contribution in [3.63, 3.8) is 0 Å². The zero-order chi connectivity index (χ0) is 25.0. The van der Waals surface area contributed by atoms with E-state index < -0.39 is 29.6 Å². The van der Waals surface area contributed by atoms with Gasteiger partial charge in [0.15, 0.2) is 0 Å². The molecule has 2 aliphatic rings. The maximum atomic E-state index is 12.7. The van der Waals surface area contributed by atoms with Crippen LogP contribution in [0.3, 0.4) is 0 Å². The highest BCUT2D eigenvalue weighted by molar-refractivity contribution is 5.81. The van der Waals surface area contributed by atoms with Gasteiger partial charge in [0.05, 0.1) is 19.3 Å². The van der Waals surface area contributed by atoms with Crippen molar-refractivity contribution in [2.75, 3.05) is 19.8 Å². The van der Waals surface area contributed by atoms with Gasteiger partial charge in [-0.05, 0) is 35.6 Å². The molecule has 8 heteroatoms. The molecule has 0 radical (unpaired) electrons. The third-order valence-corrected chi connectivity index (χ3v) is 7.01. The Hall–Kier alpha value is -3.39. The third-order valence-electron chi connectivity index (χ3n) is 7.01. The molecule has 1 aliphatic heterocycles. The van der Waals surface area contributed by atoms with Crippen LogP contribution in [-0.4, -0.2) is 55.0 Å². The summed E-state index contributed by atoms with van der Waals surface area (Å²) in [6.07, 6.45) is 0.817. The van der Waals surface area contributed by atoms with Crippen LogP contribution in [0.5, 0.6) is 0 Å². The van der Waals surface area contributed by atoms with Gasteiger partial charge in [-0.1, -0.05) is 61.9 Å². The van der Waals surface area contributed by atoms with Gasteiger partial charge in [0.25, 0.3) is 0 Å². The molecule has 0 spiro atoms. The van der Waals surface area contributed by atoms with Crippen LogP contribution in [0.15, 0.2) is 48.5 Å². The van der Waals surface area contributed by atoms with Crippen LogP contribution < -0.4 is 10.6 Å². The van der Waals surface area contributed by atoms with Gasteiger partial charge in [-0.25, -0.2) is 4.79 Å². The number of alkyl carbamates (subject to hydrolysis) is 1. The second-order valence-electron chi connectivity index (χ2n) is 9.52. The lowest BCUT2D eigenvalue weighted by molar-refractivity contribution is -0.149. The molecule has 2 aromatic carbocycles. The second kappa shape index (κ2) is 10.5. The Balaban J connectivity index is 1.34. The predicted molar refractivity (Wildman–Crippen MR) is 130 cm³/mol. The van der Waals surface area contributed by atoms with Crippen LogP contribution in [0.1, 0.15) is 50.2 Å². The largest absolute Gasteiger partial charge is 0.481 e. The molecule has 0 saturated carbocycles. The molecule has 3 atom stereocenters. The number of benzene rings is 2. The van der Waals surface area contributed by atoms with Gasteiger partial charge in [0.1, 0.15) is 12.0 Å². The number of carboxylic acid groups (broad SMARTS) is 1. The molecule has 2 amide bonds. The minimum atomic E-state index is -1.17. The van der Waals surface area contributed by atoms with Gasteiger partial charge < -0.3 is 25.2 Å². The standard InChI is InChI=1S/C27H32N2O6/c1-3-8-17(13-24(30)29-23-15-34-16-27(23,2)25(31)32)28-26(33)35-14-22-20-11-6-4-9-18(20)19-10-5-7-12-21(19)22/h4-7,9-12,17,22-23H,3,8,13-16H2,1-2H3,(H,28,33)(H,29,30)(H,31,32). The van der Waals surface area contributed by atoms with Crippen molar-refractivity contribution < 1.29 is 29.0 Å². The van der Waals surface area contributed by atoms with E-state index in [-0.39, 0.29) is 38.1 Å². The number of carbonyl (C=O) groups is 3. The van der Waals surface area contributed by atoms with Crippen molar-refractivity contribution in [2.45, 2.75) is 51.1 Å². The second-order valence-corrected chi connectivity index (χ2v) is 9.52. The van der Waals surface area contributed by atoms with Crippen molar-refractivity contribution in [3.8, 4) is 11.1 Å². The van der Waals surface area contributed by atoms with Crippen molar-refractivity contribution in [3.05, 3.63) is 59.7 Å². The molecular weight excluding hydrogens is 448 g/mol. The van der Waals surface area contributed by atoms with Gasteiger partial charge in [0, 0.05) is 18.4 Å². The first-order chi connectivity index (χ1) is 16.8. The van der Waals surface area contributed by atoms with E-state index in [1.54, 1.807) is 6.92 Å². The SMILES string of the molecule is CCCC(CC(=O)NC1COCC1(C)C(=O)O)NC(=O)OCC1c2ccccc2-c2ccccc21. The number of fused-ring (bicyclic) bond motifs is 3. The Labute approximate surface area is 205 Å². The van der Waals surface area contributed by atoms with Crippen LogP contribution in [0, 0.1) is 5.41 Å². The molecule has 0 aromatic heterocycles. The van der Waals surface area contributed by atoms with E-state index in [2.05, 4.69) is 34.9 Å². The van der Waals surface area contributed by atoms with Gasteiger partial charge in [-0.3, -0.25) is 9.59 Å². The maximum absolute atomic E-state index is 12.7. The summed E-state index contributed by atoms with van der Waals surface area (Å²) in [6, 6.07) is 15.2. The predicted octanol–water partition coefficient (Wildman–Crippen LogP) is 3.69. The number of rotatable bonds is 9. The van der Waals surface area contributed by atoms with Gasteiger partial charge in [0.2, 0.25) is 5.91 Å². The highest BCUT2D eigenvalue weighted by Gasteiger charge is 2.47.